The Morgan fingerprint density at radius 3 is 2.50 bits per heavy atom. The number of sulfonamides is 1. The maximum Gasteiger partial charge on any atom is 0.246 e. The molecule has 2 aromatic rings. The summed E-state index contributed by atoms with van der Waals surface area (Å²) in [6.07, 6.45) is 2.48. The lowest BCUT2D eigenvalue weighted by molar-refractivity contribution is 0.402. The quantitative estimate of drug-likeness (QED) is 0.840. The monoisotopic (exact) mass is 351 g/mol. The number of benzene rings is 2. The summed E-state index contributed by atoms with van der Waals surface area (Å²) >= 11 is 0. The van der Waals surface area contributed by atoms with E-state index in [9.17, 15) is 17.2 Å². The molecule has 2 aromatic carbocycles. The molecule has 1 unspecified atom stereocenters. The van der Waals surface area contributed by atoms with Gasteiger partial charge in [-0.05, 0) is 42.5 Å². The van der Waals surface area contributed by atoms with Crippen molar-refractivity contribution in [2.75, 3.05) is 13.1 Å². The van der Waals surface area contributed by atoms with Crippen molar-refractivity contribution in [3.63, 3.8) is 0 Å². The Balaban J connectivity index is 1.93. The third-order valence-corrected chi connectivity index (χ3v) is 6.30. The van der Waals surface area contributed by atoms with Crippen molar-refractivity contribution in [1.82, 2.24) is 4.31 Å². The molecule has 0 spiro atoms. The number of rotatable bonds is 3. The molecule has 128 valence electrons. The Morgan fingerprint density at radius 2 is 1.75 bits per heavy atom. The van der Waals surface area contributed by atoms with Crippen molar-refractivity contribution in [2.24, 2.45) is 0 Å². The van der Waals surface area contributed by atoms with Gasteiger partial charge in [0.2, 0.25) is 10.0 Å². The number of halogens is 2. The number of hydrogen-bond acceptors (Lipinski definition) is 2. The molecule has 1 aliphatic heterocycles. The molecule has 3 nitrogen and oxygen atoms in total. The van der Waals surface area contributed by atoms with E-state index in [1.165, 1.54) is 4.31 Å². The van der Waals surface area contributed by atoms with Gasteiger partial charge in [0, 0.05) is 13.1 Å². The fraction of sp³-hybridized carbons (Fsp3) is 0.333. The molecule has 0 aromatic heterocycles. The SMILES string of the molecule is O=S(=O)(c1cc(F)ccc1F)N1CCCCC(c2ccccc2)C1. The Morgan fingerprint density at radius 1 is 1.00 bits per heavy atom. The molecule has 3 rings (SSSR count). The van der Waals surface area contributed by atoms with Gasteiger partial charge in [-0.1, -0.05) is 36.8 Å². The van der Waals surface area contributed by atoms with Crippen molar-refractivity contribution in [2.45, 2.75) is 30.1 Å². The highest BCUT2D eigenvalue weighted by molar-refractivity contribution is 7.89. The second-order valence-corrected chi connectivity index (χ2v) is 7.95. The molecule has 0 bridgehead atoms. The molecule has 1 heterocycles. The zero-order valence-corrected chi connectivity index (χ0v) is 14.0. The van der Waals surface area contributed by atoms with E-state index in [4.69, 9.17) is 0 Å². The normalized spacial score (nSPS) is 19.8. The molecule has 1 fully saturated rings. The van der Waals surface area contributed by atoms with Crippen LogP contribution in [0.5, 0.6) is 0 Å². The third kappa shape index (κ3) is 3.49. The summed E-state index contributed by atoms with van der Waals surface area (Å²) in [5.41, 5.74) is 1.07. The van der Waals surface area contributed by atoms with Crippen LogP contribution in [0.15, 0.2) is 53.4 Å². The number of hydrogen-bond donors (Lipinski definition) is 0. The lowest BCUT2D eigenvalue weighted by atomic mass is 9.95. The second kappa shape index (κ2) is 6.99. The van der Waals surface area contributed by atoms with E-state index in [2.05, 4.69) is 0 Å². The minimum atomic E-state index is -4.06. The molecule has 6 heteroatoms. The summed E-state index contributed by atoms with van der Waals surface area (Å²) in [6, 6.07) is 12.2. The zero-order chi connectivity index (χ0) is 17.2. The first-order valence-corrected chi connectivity index (χ1v) is 9.42. The van der Waals surface area contributed by atoms with Gasteiger partial charge < -0.3 is 0 Å². The third-order valence-electron chi connectivity index (χ3n) is 4.42. The smallest absolute Gasteiger partial charge is 0.207 e. The molecule has 24 heavy (non-hydrogen) atoms. The fourth-order valence-corrected chi connectivity index (χ4v) is 4.74. The summed E-state index contributed by atoms with van der Waals surface area (Å²) in [5, 5.41) is 0. The average molecular weight is 351 g/mol. The molecule has 0 amide bonds. The summed E-state index contributed by atoms with van der Waals surface area (Å²) in [7, 11) is -4.06. The standard InChI is InChI=1S/C18H19F2NO2S/c19-16-9-10-17(20)18(12-16)24(22,23)21-11-5-4-8-15(13-21)14-6-2-1-3-7-14/h1-3,6-7,9-10,12,15H,4-5,8,11,13H2. The van der Waals surface area contributed by atoms with Gasteiger partial charge >= 0.3 is 0 Å². The van der Waals surface area contributed by atoms with Crippen LogP contribution in [0.1, 0.15) is 30.7 Å². The van der Waals surface area contributed by atoms with Crippen LogP contribution in [-0.2, 0) is 10.0 Å². The van der Waals surface area contributed by atoms with Crippen LogP contribution in [0.3, 0.4) is 0 Å². The minimum absolute atomic E-state index is 0.0556. The van der Waals surface area contributed by atoms with Crippen LogP contribution < -0.4 is 0 Å². The van der Waals surface area contributed by atoms with Crippen molar-refractivity contribution >= 4 is 10.0 Å². The topological polar surface area (TPSA) is 37.4 Å². The maximum absolute atomic E-state index is 14.0. The summed E-state index contributed by atoms with van der Waals surface area (Å²) in [6.45, 7) is 0.601. The Hall–Kier alpha value is -1.79. The predicted molar refractivity (Wildman–Crippen MR) is 88.2 cm³/mol. The summed E-state index contributed by atoms with van der Waals surface area (Å²) < 4.78 is 54.3. The Kier molecular flexibility index (Phi) is 4.96. The van der Waals surface area contributed by atoms with Crippen LogP contribution in [0.25, 0.3) is 0 Å². The van der Waals surface area contributed by atoms with Gasteiger partial charge in [-0.2, -0.15) is 4.31 Å². The molecule has 1 aliphatic rings. The maximum atomic E-state index is 14.0. The van der Waals surface area contributed by atoms with E-state index >= 15 is 0 Å². The van der Waals surface area contributed by atoms with E-state index in [1.54, 1.807) is 0 Å². The number of nitrogens with zero attached hydrogens (tertiary/aromatic N) is 1. The highest BCUT2D eigenvalue weighted by atomic mass is 32.2. The van der Waals surface area contributed by atoms with Crippen LogP contribution in [0, 0.1) is 11.6 Å². The first-order valence-electron chi connectivity index (χ1n) is 7.98. The molecule has 1 saturated heterocycles. The van der Waals surface area contributed by atoms with Crippen molar-refractivity contribution < 1.29 is 17.2 Å². The first-order chi connectivity index (χ1) is 11.5. The molecular formula is C18H19F2NO2S. The van der Waals surface area contributed by atoms with Crippen molar-refractivity contribution in [1.29, 1.82) is 0 Å². The van der Waals surface area contributed by atoms with Gasteiger partial charge in [0.05, 0.1) is 0 Å². The Labute approximate surface area is 141 Å². The minimum Gasteiger partial charge on any atom is -0.207 e. The van der Waals surface area contributed by atoms with Crippen LogP contribution in [0.4, 0.5) is 8.78 Å². The lowest BCUT2D eigenvalue weighted by Gasteiger charge is -2.24. The highest BCUT2D eigenvalue weighted by Gasteiger charge is 2.31. The second-order valence-electron chi connectivity index (χ2n) is 6.04. The molecule has 0 aliphatic carbocycles. The fourth-order valence-electron chi connectivity index (χ4n) is 3.14. The molecule has 0 radical (unpaired) electrons. The lowest BCUT2D eigenvalue weighted by Crippen LogP contribution is -2.34. The largest absolute Gasteiger partial charge is 0.246 e. The van der Waals surface area contributed by atoms with Gasteiger partial charge in [-0.3, -0.25) is 0 Å². The molecule has 1 atom stereocenters. The molecular weight excluding hydrogens is 332 g/mol. The van der Waals surface area contributed by atoms with E-state index in [-0.39, 0.29) is 12.5 Å². The van der Waals surface area contributed by atoms with Crippen molar-refractivity contribution in [3.8, 4) is 0 Å². The predicted octanol–water partition coefficient (Wildman–Crippen LogP) is 3.92. The van der Waals surface area contributed by atoms with E-state index in [0.29, 0.717) is 13.0 Å². The van der Waals surface area contributed by atoms with Crippen molar-refractivity contribution in [3.05, 3.63) is 65.7 Å². The molecule has 0 N–H and O–H groups in total. The van der Waals surface area contributed by atoms with Crippen LogP contribution in [0.2, 0.25) is 0 Å². The van der Waals surface area contributed by atoms with Gasteiger partial charge in [0.15, 0.2) is 0 Å². The van der Waals surface area contributed by atoms with Crippen LogP contribution >= 0.6 is 0 Å². The Bertz CT molecular complexity index is 809. The van der Waals surface area contributed by atoms with Gasteiger partial charge in [-0.25, -0.2) is 17.2 Å². The van der Waals surface area contributed by atoms with Gasteiger partial charge in [0.1, 0.15) is 16.5 Å². The van der Waals surface area contributed by atoms with E-state index < -0.39 is 26.6 Å². The molecule has 0 saturated carbocycles. The average Bonchev–Trinajstić information content (AvgIpc) is 2.84. The van der Waals surface area contributed by atoms with Crippen LogP contribution in [-0.4, -0.2) is 25.8 Å². The zero-order valence-electron chi connectivity index (χ0n) is 13.2. The highest BCUT2D eigenvalue weighted by Crippen LogP contribution is 2.30. The first kappa shape index (κ1) is 17.0. The van der Waals surface area contributed by atoms with Gasteiger partial charge in [0.25, 0.3) is 0 Å². The summed E-state index contributed by atoms with van der Waals surface area (Å²) in [4.78, 5) is -0.587. The van der Waals surface area contributed by atoms with Gasteiger partial charge in [-0.15, -0.1) is 0 Å². The summed E-state index contributed by atoms with van der Waals surface area (Å²) in [5.74, 6) is -1.62. The van der Waals surface area contributed by atoms with E-state index in [1.807, 2.05) is 30.3 Å². The van der Waals surface area contributed by atoms with E-state index in [0.717, 1.165) is 36.6 Å².